The molecule has 0 aliphatic heterocycles. The first kappa shape index (κ1) is 23.4. The molecule has 100 valence electrons. The van der Waals surface area contributed by atoms with Gasteiger partial charge < -0.3 is 13.8 Å². The van der Waals surface area contributed by atoms with E-state index in [1.807, 2.05) is 0 Å². The second-order valence-electron chi connectivity index (χ2n) is 4.54. The van der Waals surface area contributed by atoms with Crippen LogP contribution in [0.15, 0.2) is 0 Å². The fourth-order valence-corrected chi connectivity index (χ4v) is 1.56. The van der Waals surface area contributed by atoms with Crippen molar-refractivity contribution in [1.29, 1.82) is 0 Å². The number of hydrogen-bond donors (Lipinski definition) is 0. The van der Waals surface area contributed by atoms with Gasteiger partial charge in [0.1, 0.15) is 0 Å². The maximum absolute atomic E-state index is 3.78. The van der Waals surface area contributed by atoms with Crippen LogP contribution in [0.2, 0.25) is 0 Å². The van der Waals surface area contributed by atoms with E-state index in [-0.39, 0.29) is 37.7 Å². The minimum Gasteiger partial charge on any atom is -0.343 e. The molecule has 0 N–H and O–H groups in total. The summed E-state index contributed by atoms with van der Waals surface area (Å²) in [5.41, 5.74) is 0. The summed E-state index contributed by atoms with van der Waals surface area (Å²) in [7, 11) is 0. The zero-order chi connectivity index (χ0) is 12.5. The van der Waals surface area contributed by atoms with Gasteiger partial charge in [-0.2, -0.15) is 12.8 Å². The third-order valence-electron chi connectivity index (χ3n) is 2.71. The Morgan fingerprint density at radius 3 is 1.06 bits per heavy atom. The van der Waals surface area contributed by atoms with Crippen molar-refractivity contribution in [2.45, 2.75) is 90.9 Å². The molecule has 0 saturated carbocycles. The minimum atomic E-state index is 0. The topological polar surface area (TPSA) is 0 Å². The normalized spacial score (nSPS) is 9.18. The number of unbranched alkanes of at least 4 members (excludes halogenated alkanes) is 10. The van der Waals surface area contributed by atoms with Crippen molar-refractivity contribution in [1.82, 2.24) is 0 Å². The summed E-state index contributed by atoms with van der Waals surface area (Å²) < 4.78 is 0. The van der Waals surface area contributed by atoms with Crippen LogP contribution in [0.5, 0.6) is 0 Å². The maximum atomic E-state index is 3.78. The van der Waals surface area contributed by atoms with Gasteiger partial charge in [-0.05, 0) is 0 Å². The quantitative estimate of drug-likeness (QED) is 0.259. The van der Waals surface area contributed by atoms with Gasteiger partial charge in [-0.25, -0.2) is 0 Å². The average Bonchev–Trinajstić information content (AvgIpc) is 2.31. The number of hydrogen-bond acceptors (Lipinski definition) is 0. The van der Waals surface area contributed by atoms with Crippen molar-refractivity contribution in [3.63, 3.8) is 0 Å². The maximum Gasteiger partial charge on any atom is 2.00 e. The molecule has 0 unspecified atom stereocenters. The zero-order valence-electron chi connectivity index (χ0n) is 12.6. The Kier molecular flexibility index (Phi) is 35.7. The Morgan fingerprint density at radius 1 is 0.529 bits per heavy atom. The summed E-state index contributed by atoms with van der Waals surface area (Å²) in [5, 5.41) is 0. The van der Waals surface area contributed by atoms with Gasteiger partial charge in [-0.1, -0.05) is 78.1 Å². The molecular weight excluding hydrogens is 232 g/mol. The van der Waals surface area contributed by atoms with Crippen molar-refractivity contribution in [3.8, 4) is 0 Å². The molecule has 0 radical (unpaired) electrons. The summed E-state index contributed by atoms with van der Waals surface area (Å²) in [4.78, 5) is 0. The van der Waals surface area contributed by atoms with Crippen molar-refractivity contribution in [2.24, 2.45) is 0 Å². The van der Waals surface area contributed by atoms with Gasteiger partial charge in [0.25, 0.3) is 0 Å². The Balaban J connectivity index is -0.000000218. The molecule has 0 atom stereocenters. The van der Waals surface area contributed by atoms with Gasteiger partial charge >= 0.3 is 37.7 Å². The molecule has 0 aromatic rings. The van der Waals surface area contributed by atoms with Gasteiger partial charge in [0.15, 0.2) is 0 Å². The van der Waals surface area contributed by atoms with Gasteiger partial charge in [-0.3, -0.25) is 0 Å². The van der Waals surface area contributed by atoms with Crippen LogP contribution in [0.3, 0.4) is 0 Å². The van der Waals surface area contributed by atoms with E-state index in [0.717, 1.165) is 12.8 Å². The molecular formula is C16H34Ca. The molecule has 1 heteroatoms. The molecule has 0 amide bonds. The Morgan fingerprint density at radius 2 is 0.824 bits per heavy atom. The van der Waals surface area contributed by atoms with E-state index in [0.29, 0.717) is 0 Å². The Hall–Kier alpha value is 1.26. The molecule has 0 nitrogen and oxygen atoms in total. The fourth-order valence-electron chi connectivity index (χ4n) is 1.56. The van der Waals surface area contributed by atoms with Crippen LogP contribution >= 0.6 is 0 Å². The molecule has 0 aromatic carbocycles. The van der Waals surface area contributed by atoms with Crippen LogP contribution < -0.4 is 0 Å². The molecule has 0 aliphatic carbocycles. The van der Waals surface area contributed by atoms with Crippen LogP contribution in [-0.4, -0.2) is 37.7 Å². The standard InChI is InChI=1S/2C8H17.Ca/c2*1-3-5-7-8-6-4-2;/h2*1,3-8H2,2H3;/q2*-1;+2. The SMILES string of the molecule is [CH2-]CCCCCCC.[CH2-]CCCCCCC.[Ca+2]. The summed E-state index contributed by atoms with van der Waals surface area (Å²) >= 11 is 0. The summed E-state index contributed by atoms with van der Waals surface area (Å²) in [6, 6.07) is 0. The van der Waals surface area contributed by atoms with E-state index in [4.69, 9.17) is 0 Å². The van der Waals surface area contributed by atoms with Crippen LogP contribution in [-0.2, 0) is 0 Å². The largest absolute Gasteiger partial charge is 2.00 e. The van der Waals surface area contributed by atoms with Gasteiger partial charge in [0, 0.05) is 0 Å². The molecule has 0 aliphatic rings. The van der Waals surface area contributed by atoms with Crippen molar-refractivity contribution < 1.29 is 0 Å². The molecule has 0 spiro atoms. The monoisotopic (exact) mass is 266 g/mol. The molecule has 0 rings (SSSR count). The van der Waals surface area contributed by atoms with E-state index in [1.165, 1.54) is 64.2 Å². The van der Waals surface area contributed by atoms with E-state index in [2.05, 4.69) is 27.7 Å². The van der Waals surface area contributed by atoms with Crippen molar-refractivity contribution in [2.75, 3.05) is 0 Å². The van der Waals surface area contributed by atoms with E-state index in [1.54, 1.807) is 0 Å². The summed E-state index contributed by atoms with van der Waals surface area (Å²) in [6.45, 7) is 12.0. The first-order valence-electron chi connectivity index (χ1n) is 7.41. The predicted octanol–water partition coefficient (Wildman–Crippen LogP) is 5.98. The minimum absolute atomic E-state index is 0. The van der Waals surface area contributed by atoms with E-state index in [9.17, 15) is 0 Å². The Labute approximate surface area is 141 Å². The second kappa shape index (κ2) is 26.0. The third kappa shape index (κ3) is 31.7. The molecule has 0 fully saturated rings. The van der Waals surface area contributed by atoms with Gasteiger partial charge in [0.05, 0.1) is 0 Å². The van der Waals surface area contributed by atoms with Crippen LogP contribution in [0.25, 0.3) is 0 Å². The smallest absolute Gasteiger partial charge is 0.343 e. The van der Waals surface area contributed by atoms with E-state index >= 15 is 0 Å². The van der Waals surface area contributed by atoms with Crippen LogP contribution in [0, 0.1) is 13.8 Å². The average molecular weight is 267 g/mol. The van der Waals surface area contributed by atoms with Crippen LogP contribution in [0.1, 0.15) is 90.9 Å². The van der Waals surface area contributed by atoms with Gasteiger partial charge in [0.2, 0.25) is 0 Å². The first-order chi connectivity index (χ1) is 7.83. The molecule has 17 heavy (non-hydrogen) atoms. The Bertz CT molecular complexity index is 67.5. The molecule has 0 saturated heterocycles. The summed E-state index contributed by atoms with van der Waals surface area (Å²) in [5.74, 6) is 0. The van der Waals surface area contributed by atoms with Gasteiger partial charge in [-0.15, -0.1) is 0 Å². The van der Waals surface area contributed by atoms with E-state index < -0.39 is 0 Å². The third-order valence-corrected chi connectivity index (χ3v) is 2.71. The van der Waals surface area contributed by atoms with Crippen molar-refractivity contribution >= 4 is 37.7 Å². The molecule has 0 aromatic heterocycles. The second-order valence-corrected chi connectivity index (χ2v) is 4.54. The fraction of sp³-hybridized carbons (Fsp3) is 0.875. The number of rotatable bonds is 10. The zero-order valence-corrected chi connectivity index (χ0v) is 14.8. The van der Waals surface area contributed by atoms with Crippen molar-refractivity contribution in [3.05, 3.63) is 13.8 Å². The predicted molar refractivity (Wildman–Crippen MR) is 83.2 cm³/mol. The first-order valence-corrected chi connectivity index (χ1v) is 7.41. The molecule has 0 heterocycles. The summed E-state index contributed by atoms with van der Waals surface area (Å²) in [6.07, 6.45) is 16.0. The molecule has 0 bridgehead atoms. The van der Waals surface area contributed by atoms with Crippen LogP contribution in [0.4, 0.5) is 0 Å².